The van der Waals surface area contributed by atoms with Crippen LogP contribution in [0.1, 0.15) is 50.8 Å². The number of hydrogen-bond acceptors (Lipinski definition) is 4. The van der Waals surface area contributed by atoms with Crippen LogP contribution in [0, 0.1) is 5.92 Å². The highest BCUT2D eigenvalue weighted by Crippen LogP contribution is 2.59. The summed E-state index contributed by atoms with van der Waals surface area (Å²) in [6.45, 7) is 9.84. The Bertz CT molecular complexity index is 3610. The van der Waals surface area contributed by atoms with Crippen molar-refractivity contribution in [3.63, 3.8) is 0 Å². The summed E-state index contributed by atoms with van der Waals surface area (Å²) in [4.78, 5) is 16.0. The number of benzene rings is 7. The standard InChI is InChI=1S/C53H39N5S/c1-30-29-52(2,3)36-21-14-24-41-47(36)53(30,4)37-22-12-19-34-46-39(57(41)48(34)37)27-28-40-45(46)32-17-8-10-23-38(32)58(40)51-55-49(31-15-6-5-7-16-31)54-50(56-51)35-20-13-26-43-44(35)33-18-9-11-25-42(33)59-43/h5-28,30H,29H2,1-4H3. The maximum atomic E-state index is 5.43. The van der Waals surface area contributed by atoms with Crippen LogP contribution in [0.15, 0.2) is 146 Å². The lowest BCUT2D eigenvalue weighted by atomic mass is 9.54. The highest BCUT2D eigenvalue weighted by Gasteiger charge is 2.50. The van der Waals surface area contributed by atoms with E-state index in [0.29, 0.717) is 23.5 Å². The van der Waals surface area contributed by atoms with Crippen LogP contribution in [-0.4, -0.2) is 24.1 Å². The Labute approximate surface area is 345 Å². The lowest BCUT2D eigenvalue weighted by Gasteiger charge is -2.51. The third kappa shape index (κ3) is 4.26. The molecule has 7 aromatic carbocycles. The molecule has 0 bridgehead atoms. The predicted octanol–water partition coefficient (Wildman–Crippen LogP) is 13.7. The first-order valence-electron chi connectivity index (χ1n) is 20.7. The smallest absolute Gasteiger partial charge is 0.238 e. The van der Waals surface area contributed by atoms with E-state index in [1.807, 2.05) is 29.5 Å². The molecule has 0 amide bonds. The molecule has 0 saturated carbocycles. The second kappa shape index (κ2) is 11.5. The van der Waals surface area contributed by atoms with Gasteiger partial charge in [-0.15, -0.1) is 11.3 Å². The first-order chi connectivity index (χ1) is 28.8. The maximum absolute atomic E-state index is 5.43. The van der Waals surface area contributed by atoms with Crippen LogP contribution in [0.5, 0.6) is 0 Å². The van der Waals surface area contributed by atoms with Crippen molar-refractivity contribution in [1.82, 2.24) is 24.1 Å². The fraction of sp³-hybridized carbons (Fsp3) is 0.151. The van der Waals surface area contributed by atoms with Crippen molar-refractivity contribution < 1.29 is 0 Å². The molecule has 1 aliphatic carbocycles. The molecular weight excluding hydrogens is 739 g/mol. The van der Waals surface area contributed by atoms with Crippen molar-refractivity contribution in [1.29, 1.82) is 0 Å². The molecule has 5 heterocycles. The molecule has 282 valence electrons. The number of para-hydroxylation sites is 2. The number of hydrogen-bond donors (Lipinski definition) is 0. The van der Waals surface area contributed by atoms with E-state index in [9.17, 15) is 0 Å². The van der Waals surface area contributed by atoms with Gasteiger partial charge in [-0.3, -0.25) is 4.57 Å². The fourth-order valence-corrected chi connectivity index (χ4v) is 12.5. The van der Waals surface area contributed by atoms with E-state index < -0.39 is 0 Å². The van der Waals surface area contributed by atoms with Crippen LogP contribution in [-0.2, 0) is 10.8 Å². The Morgan fingerprint density at radius 1 is 0.542 bits per heavy atom. The largest absolute Gasteiger partial charge is 0.309 e. The molecule has 4 aromatic heterocycles. The lowest BCUT2D eigenvalue weighted by molar-refractivity contribution is 0.250. The predicted molar refractivity (Wildman–Crippen MR) is 246 cm³/mol. The van der Waals surface area contributed by atoms with Crippen molar-refractivity contribution in [3.05, 3.63) is 162 Å². The summed E-state index contributed by atoms with van der Waals surface area (Å²) in [5.41, 5.74) is 12.3. The van der Waals surface area contributed by atoms with Crippen molar-refractivity contribution in [2.45, 2.75) is 44.9 Å². The average Bonchev–Trinajstić information content (AvgIpc) is 3.93. The van der Waals surface area contributed by atoms with Gasteiger partial charge in [0.05, 0.1) is 27.8 Å². The van der Waals surface area contributed by atoms with Gasteiger partial charge >= 0.3 is 0 Å². The third-order valence-corrected chi connectivity index (χ3v) is 15.1. The third-order valence-electron chi connectivity index (χ3n) is 14.0. The Morgan fingerprint density at radius 3 is 2.07 bits per heavy atom. The molecule has 6 heteroatoms. The summed E-state index contributed by atoms with van der Waals surface area (Å²) in [5, 5.41) is 7.36. The van der Waals surface area contributed by atoms with Gasteiger partial charge in [0, 0.05) is 58.3 Å². The fourth-order valence-electron chi connectivity index (χ4n) is 11.3. The number of rotatable bonds is 3. The van der Waals surface area contributed by atoms with Crippen LogP contribution in [0.3, 0.4) is 0 Å². The van der Waals surface area contributed by atoms with Crippen LogP contribution in [0.4, 0.5) is 0 Å². The molecule has 0 N–H and O–H groups in total. The molecule has 1 aliphatic heterocycles. The van der Waals surface area contributed by atoms with Gasteiger partial charge in [0.2, 0.25) is 5.95 Å². The Hall–Kier alpha value is -6.63. The van der Waals surface area contributed by atoms with Crippen LogP contribution in [0.25, 0.3) is 98.2 Å². The summed E-state index contributed by atoms with van der Waals surface area (Å²) in [6.07, 6.45) is 1.14. The SMILES string of the molecule is CC1CC(C)(C)c2cccc3c2C1(C)c1cccc2c4c5c6ccccc6n(-c6nc(-c7ccccc7)nc(-c7cccc8sc9ccccc9c78)n6)c5ccc4n-3c12. The van der Waals surface area contributed by atoms with Crippen LogP contribution >= 0.6 is 11.3 Å². The molecule has 0 saturated heterocycles. The van der Waals surface area contributed by atoms with E-state index >= 15 is 0 Å². The topological polar surface area (TPSA) is 48.5 Å². The minimum Gasteiger partial charge on any atom is -0.309 e. The van der Waals surface area contributed by atoms with E-state index in [2.05, 4.69) is 164 Å². The Morgan fingerprint density at radius 2 is 1.20 bits per heavy atom. The second-order valence-corrected chi connectivity index (χ2v) is 18.6. The first kappa shape index (κ1) is 33.4. The average molecular weight is 778 g/mol. The van der Waals surface area contributed by atoms with E-state index in [4.69, 9.17) is 15.0 Å². The number of fused-ring (bicyclic) bond motifs is 12. The quantitative estimate of drug-likeness (QED) is 0.179. The summed E-state index contributed by atoms with van der Waals surface area (Å²) in [5.74, 6) is 2.39. The molecule has 5 nitrogen and oxygen atoms in total. The zero-order valence-electron chi connectivity index (χ0n) is 33.3. The van der Waals surface area contributed by atoms with E-state index in [0.717, 1.165) is 28.6 Å². The van der Waals surface area contributed by atoms with Gasteiger partial charge < -0.3 is 4.57 Å². The van der Waals surface area contributed by atoms with E-state index in [1.54, 1.807) is 0 Å². The van der Waals surface area contributed by atoms with Gasteiger partial charge in [-0.1, -0.05) is 137 Å². The molecule has 59 heavy (non-hydrogen) atoms. The van der Waals surface area contributed by atoms with Crippen molar-refractivity contribution in [2.75, 3.05) is 0 Å². The van der Waals surface area contributed by atoms with E-state index in [-0.39, 0.29) is 10.8 Å². The van der Waals surface area contributed by atoms with Crippen LogP contribution < -0.4 is 0 Å². The molecule has 2 aliphatic rings. The summed E-state index contributed by atoms with van der Waals surface area (Å²) in [6, 6.07) is 52.9. The monoisotopic (exact) mass is 777 g/mol. The van der Waals surface area contributed by atoms with Crippen molar-refractivity contribution in [2.24, 2.45) is 5.92 Å². The van der Waals surface area contributed by atoms with Crippen molar-refractivity contribution in [3.8, 4) is 34.4 Å². The lowest BCUT2D eigenvalue weighted by Crippen LogP contribution is -2.45. The van der Waals surface area contributed by atoms with Gasteiger partial charge in [-0.05, 0) is 70.8 Å². The normalized spacial score (nSPS) is 18.1. The van der Waals surface area contributed by atoms with Crippen molar-refractivity contribution >= 4 is 75.1 Å². The van der Waals surface area contributed by atoms with Gasteiger partial charge in [0.25, 0.3) is 0 Å². The van der Waals surface area contributed by atoms with Gasteiger partial charge in [0.15, 0.2) is 11.6 Å². The zero-order valence-corrected chi connectivity index (χ0v) is 34.1. The summed E-state index contributed by atoms with van der Waals surface area (Å²) in [7, 11) is 0. The molecule has 2 unspecified atom stereocenters. The Kier molecular flexibility index (Phi) is 6.51. The molecular formula is C53H39N5S. The first-order valence-corrected chi connectivity index (χ1v) is 21.5. The highest BCUT2D eigenvalue weighted by molar-refractivity contribution is 7.25. The molecule has 11 aromatic rings. The molecule has 0 fully saturated rings. The summed E-state index contributed by atoms with van der Waals surface area (Å²) >= 11 is 1.81. The number of nitrogens with zero attached hydrogens (tertiary/aromatic N) is 5. The Balaban J connectivity index is 1.15. The summed E-state index contributed by atoms with van der Waals surface area (Å²) < 4.78 is 7.33. The van der Waals surface area contributed by atoms with Gasteiger partial charge in [-0.25, -0.2) is 4.98 Å². The highest BCUT2D eigenvalue weighted by atomic mass is 32.1. The molecule has 13 rings (SSSR count). The molecule has 0 spiro atoms. The number of aromatic nitrogens is 5. The molecule has 0 radical (unpaired) electrons. The minimum absolute atomic E-state index is 0.0867. The van der Waals surface area contributed by atoms with Crippen LogP contribution in [0.2, 0.25) is 0 Å². The zero-order chi connectivity index (χ0) is 39.4. The van der Waals surface area contributed by atoms with Gasteiger partial charge in [-0.2, -0.15) is 9.97 Å². The second-order valence-electron chi connectivity index (χ2n) is 17.6. The maximum Gasteiger partial charge on any atom is 0.238 e. The number of thiophene rings is 1. The molecule has 2 atom stereocenters. The minimum atomic E-state index is -0.107. The van der Waals surface area contributed by atoms with Gasteiger partial charge in [0.1, 0.15) is 0 Å². The van der Waals surface area contributed by atoms with E-state index in [1.165, 1.54) is 75.1 Å².